The number of nitrogens with zero attached hydrogens (tertiary/aromatic N) is 2. The van der Waals surface area contributed by atoms with Gasteiger partial charge in [-0.15, -0.1) is 11.3 Å². The zero-order chi connectivity index (χ0) is 11.0. The Morgan fingerprint density at radius 3 is 2.60 bits per heavy atom. The molecule has 0 spiro atoms. The molecule has 78 valence electrons. The highest BCUT2D eigenvalue weighted by Crippen LogP contribution is 2.28. The molecule has 0 bridgehead atoms. The van der Waals surface area contributed by atoms with Crippen molar-refractivity contribution in [3.8, 4) is 10.7 Å². The molecule has 5 heteroatoms. The minimum absolute atomic E-state index is 0.561. The molecule has 2 aromatic rings. The molecular formula is C10H10IN3S. The van der Waals surface area contributed by atoms with Gasteiger partial charge in [0.2, 0.25) is 0 Å². The van der Waals surface area contributed by atoms with E-state index in [4.69, 9.17) is 5.73 Å². The molecule has 0 amide bonds. The van der Waals surface area contributed by atoms with Gasteiger partial charge >= 0.3 is 0 Å². The van der Waals surface area contributed by atoms with E-state index in [0.29, 0.717) is 5.82 Å². The van der Waals surface area contributed by atoms with Gasteiger partial charge in [-0.05, 0) is 53.4 Å². The predicted molar refractivity (Wildman–Crippen MR) is 71.9 cm³/mol. The van der Waals surface area contributed by atoms with Crippen molar-refractivity contribution in [1.29, 1.82) is 0 Å². The van der Waals surface area contributed by atoms with E-state index in [0.717, 1.165) is 20.0 Å². The van der Waals surface area contributed by atoms with Crippen molar-refractivity contribution in [2.45, 2.75) is 13.8 Å². The summed E-state index contributed by atoms with van der Waals surface area (Å²) in [6.07, 6.45) is 0. The van der Waals surface area contributed by atoms with Gasteiger partial charge in [-0.3, -0.25) is 0 Å². The Labute approximate surface area is 106 Å². The highest BCUT2D eigenvalue weighted by Gasteiger charge is 2.10. The topological polar surface area (TPSA) is 51.8 Å². The van der Waals surface area contributed by atoms with Gasteiger partial charge in [-0.1, -0.05) is 0 Å². The van der Waals surface area contributed by atoms with Crippen LogP contribution in [0.25, 0.3) is 10.7 Å². The van der Waals surface area contributed by atoms with Crippen LogP contribution >= 0.6 is 33.9 Å². The first-order valence-corrected chi connectivity index (χ1v) is 6.39. The molecular weight excluding hydrogens is 321 g/mol. The normalized spacial score (nSPS) is 10.6. The van der Waals surface area contributed by atoms with Crippen LogP contribution in [0.2, 0.25) is 0 Å². The summed E-state index contributed by atoms with van der Waals surface area (Å²) in [5, 5.41) is 2.04. The molecule has 2 N–H and O–H groups in total. The second-order valence-corrected chi connectivity index (χ2v) is 5.26. The van der Waals surface area contributed by atoms with Crippen molar-refractivity contribution in [2.75, 3.05) is 5.73 Å². The van der Waals surface area contributed by atoms with Crippen LogP contribution < -0.4 is 5.73 Å². The lowest BCUT2D eigenvalue weighted by atomic mass is 10.3. The average Bonchev–Trinajstić information content (AvgIpc) is 2.60. The molecule has 0 aliphatic rings. The van der Waals surface area contributed by atoms with Crippen molar-refractivity contribution in [1.82, 2.24) is 9.97 Å². The number of rotatable bonds is 1. The quantitative estimate of drug-likeness (QED) is 0.818. The van der Waals surface area contributed by atoms with E-state index in [9.17, 15) is 0 Å². The molecule has 0 aliphatic carbocycles. The van der Waals surface area contributed by atoms with Gasteiger partial charge in [0.15, 0.2) is 5.82 Å². The third kappa shape index (κ3) is 1.98. The fourth-order valence-electron chi connectivity index (χ4n) is 1.28. The van der Waals surface area contributed by atoms with Crippen molar-refractivity contribution in [2.24, 2.45) is 0 Å². The maximum Gasteiger partial charge on any atom is 0.172 e. The highest BCUT2D eigenvalue weighted by molar-refractivity contribution is 14.1. The van der Waals surface area contributed by atoms with Crippen LogP contribution in [0.5, 0.6) is 0 Å². The third-order valence-electron chi connectivity index (χ3n) is 2.11. The van der Waals surface area contributed by atoms with Crippen molar-refractivity contribution in [3.05, 3.63) is 26.3 Å². The van der Waals surface area contributed by atoms with Crippen LogP contribution in [0.3, 0.4) is 0 Å². The Morgan fingerprint density at radius 2 is 2.07 bits per heavy atom. The molecule has 2 heterocycles. The molecule has 0 unspecified atom stereocenters. The van der Waals surface area contributed by atoms with E-state index in [2.05, 4.69) is 45.5 Å². The van der Waals surface area contributed by atoms with E-state index >= 15 is 0 Å². The first-order valence-electron chi connectivity index (χ1n) is 4.43. The van der Waals surface area contributed by atoms with Crippen LogP contribution in [0, 0.1) is 17.4 Å². The van der Waals surface area contributed by atoms with Crippen molar-refractivity contribution >= 4 is 39.7 Å². The molecule has 0 aromatic carbocycles. The van der Waals surface area contributed by atoms with Crippen LogP contribution in [0.4, 0.5) is 5.82 Å². The van der Waals surface area contributed by atoms with Gasteiger partial charge in [0.05, 0.1) is 14.1 Å². The fourth-order valence-corrected chi connectivity index (χ4v) is 2.38. The van der Waals surface area contributed by atoms with E-state index in [1.807, 2.05) is 12.3 Å². The summed E-state index contributed by atoms with van der Waals surface area (Å²) in [4.78, 5) is 9.85. The van der Waals surface area contributed by atoms with Gasteiger partial charge in [0, 0.05) is 0 Å². The van der Waals surface area contributed by atoms with Crippen LogP contribution in [0.1, 0.15) is 11.3 Å². The molecule has 0 saturated heterocycles. The fraction of sp³-hybridized carbons (Fsp3) is 0.200. The van der Waals surface area contributed by atoms with Crippen LogP contribution in [-0.4, -0.2) is 9.97 Å². The Hall–Kier alpha value is -0.690. The summed E-state index contributed by atoms with van der Waals surface area (Å²) in [6.45, 7) is 4.00. The number of hydrogen-bond donors (Lipinski definition) is 1. The van der Waals surface area contributed by atoms with E-state index in [1.54, 1.807) is 11.3 Å². The van der Waals surface area contributed by atoms with E-state index in [1.165, 1.54) is 5.56 Å². The van der Waals surface area contributed by atoms with Gasteiger partial charge < -0.3 is 5.73 Å². The molecule has 0 atom stereocenters. The highest BCUT2D eigenvalue weighted by atomic mass is 127. The number of nitrogen functional groups attached to an aromatic ring is 1. The van der Waals surface area contributed by atoms with Crippen molar-refractivity contribution in [3.63, 3.8) is 0 Å². The second-order valence-electron chi connectivity index (χ2n) is 3.26. The monoisotopic (exact) mass is 331 g/mol. The number of thiophene rings is 1. The number of halogens is 1. The molecule has 0 fully saturated rings. The first kappa shape index (κ1) is 10.8. The largest absolute Gasteiger partial charge is 0.383 e. The lowest BCUT2D eigenvalue weighted by Gasteiger charge is -2.04. The summed E-state index contributed by atoms with van der Waals surface area (Å²) in [7, 11) is 0. The Balaban J connectivity index is 2.60. The standard InChI is InChI=1S/C10H10IN3S/c1-5-3-4-15-8(5)10-13-6(2)7(11)9(12)14-10/h3-4H,1-2H3,(H2,12,13,14). The third-order valence-corrected chi connectivity index (χ3v) is 4.45. The molecule has 0 saturated carbocycles. The van der Waals surface area contributed by atoms with Crippen LogP contribution in [-0.2, 0) is 0 Å². The van der Waals surface area contributed by atoms with Gasteiger partial charge in [0.1, 0.15) is 5.82 Å². The molecule has 0 radical (unpaired) electrons. The Bertz CT molecular complexity index is 484. The smallest absolute Gasteiger partial charge is 0.172 e. The Morgan fingerprint density at radius 1 is 1.33 bits per heavy atom. The summed E-state index contributed by atoms with van der Waals surface area (Å²) < 4.78 is 0.936. The van der Waals surface area contributed by atoms with Gasteiger partial charge in [-0.25, -0.2) is 9.97 Å². The minimum atomic E-state index is 0.561. The lowest BCUT2D eigenvalue weighted by molar-refractivity contribution is 1.10. The maximum absolute atomic E-state index is 5.82. The number of hydrogen-bond acceptors (Lipinski definition) is 4. The molecule has 0 aliphatic heterocycles. The molecule has 2 rings (SSSR count). The number of nitrogens with two attached hydrogens (primary N) is 1. The van der Waals surface area contributed by atoms with E-state index in [-0.39, 0.29) is 0 Å². The zero-order valence-corrected chi connectivity index (χ0v) is 11.4. The van der Waals surface area contributed by atoms with Crippen molar-refractivity contribution < 1.29 is 0 Å². The Kier molecular flexibility index (Phi) is 2.92. The second kappa shape index (κ2) is 4.05. The summed E-state index contributed by atoms with van der Waals surface area (Å²) in [5.74, 6) is 1.30. The summed E-state index contributed by atoms with van der Waals surface area (Å²) in [5.41, 5.74) is 7.95. The summed E-state index contributed by atoms with van der Waals surface area (Å²) in [6, 6.07) is 2.06. The number of aryl methyl sites for hydroxylation is 2. The summed E-state index contributed by atoms with van der Waals surface area (Å²) >= 11 is 3.81. The lowest BCUT2D eigenvalue weighted by Crippen LogP contribution is -2.01. The minimum Gasteiger partial charge on any atom is -0.383 e. The molecule has 3 nitrogen and oxygen atoms in total. The average molecular weight is 331 g/mol. The predicted octanol–water partition coefficient (Wildman–Crippen LogP) is 3.01. The molecule has 15 heavy (non-hydrogen) atoms. The zero-order valence-electron chi connectivity index (χ0n) is 8.41. The first-order chi connectivity index (χ1) is 7.09. The van der Waals surface area contributed by atoms with Crippen LogP contribution in [0.15, 0.2) is 11.4 Å². The SMILES string of the molecule is Cc1ccsc1-c1nc(C)c(I)c(N)n1. The van der Waals surface area contributed by atoms with Gasteiger partial charge in [-0.2, -0.15) is 0 Å². The maximum atomic E-state index is 5.82. The molecule has 2 aromatic heterocycles. The number of aromatic nitrogens is 2. The number of anilines is 1. The van der Waals surface area contributed by atoms with E-state index < -0.39 is 0 Å². The van der Waals surface area contributed by atoms with Gasteiger partial charge in [0.25, 0.3) is 0 Å².